The van der Waals surface area contributed by atoms with Gasteiger partial charge in [0.1, 0.15) is 17.4 Å². The summed E-state index contributed by atoms with van der Waals surface area (Å²) in [6.45, 7) is 2.77. The minimum Gasteiger partial charge on any atom is -0.497 e. The van der Waals surface area contributed by atoms with Gasteiger partial charge in [-0.1, -0.05) is 0 Å². The number of carbonyl (C=O) groups is 1. The number of ether oxygens (including phenoxy) is 1. The van der Waals surface area contributed by atoms with Crippen LogP contribution in [-0.2, 0) is 4.79 Å². The fourth-order valence-electron chi connectivity index (χ4n) is 2.02. The molecule has 1 heterocycles. The molecule has 21 heavy (non-hydrogen) atoms. The molecule has 1 aliphatic rings. The molecule has 0 radical (unpaired) electrons. The minimum absolute atomic E-state index is 0.104. The first-order chi connectivity index (χ1) is 10.2. The second-order valence-corrected chi connectivity index (χ2v) is 4.58. The van der Waals surface area contributed by atoms with Crippen LogP contribution < -0.4 is 15.4 Å². The molecule has 1 aliphatic heterocycles. The molecule has 1 fully saturated rings. The van der Waals surface area contributed by atoms with Crippen molar-refractivity contribution in [2.24, 2.45) is 0 Å². The van der Waals surface area contributed by atoms with Gasteiger partial charge in [0.25, 0.3) is 5.91 Å². The number of nitrogens with one attached hydrogen (secondary N) is 2. The molecule has 0 unspecified atom stereocenters. The summed E-state index contributed by atoms with van der Waals surface area (Å²) in [6, 6.07) is 9.20. The topological polar surface area (TPSA) is 77.4 Å². The summed E-state index contributed by atoms with van der Waals surface area (Å²) >= 11 is 0. The number of carbonyl (C=O) groups excluding carboxylic acids is 1. The number of anilines is 1. The molecular weight excluding hydrogens is 268 g/mol. The zero-order valence-corrected chi connectivity index (χ0v) is 11.9. The van der Waals surface area contributed by atoms with Crippen molar-refractivity contribution in [2.75, 3.05) is 38.6 Å². The van der Waals surface area contributed by atoms with Crippen molar-refractivity contribution >= 4 is 11.6 Å². The summed E-state index contributed by atoms with van der Waals surface area (Å²) in [5, 5.41) is 15.3. The van der Waals surface area contributed by atoms with E-state index in [1.54, 1.807) is 24.1 Å². The van der Waals surface area contributed by atoms with E-state index in [0.29, 0.717) is 13.1 Å². The van der Waals surface area contributed by atoms with Crippen LogP contribution in [0, 0.1) is 11.3 Å². The van der Waals surface area contributed by atoms with Gasteiger partial charge in [-0.25, -0.2) is 0 Å². The SMILES string of the molecule is COc1ccc(N/C=C(/C#N)C(=O)N2CCNCC2)cc1. The molecule has 6 nitrogen and oxygen atoms in total. The normalized spacial score (nSPS) is 15.2. The first-order valence-electron chi connectivity index (χ1n) is 6.75. The van der Waals surface area contributed by atoms with E-state index in [4.69, 9.17) is 10.00 Å². The van der Waals surface area contributed by atoms with E-state index < -0.39 is 0 Å². The molecule has 0 bridgehead atoms. The molecule has 0 atom stereocenters. The van der Waals surface area contributed by atoms with Crippen LogP contribution in [0.25, 0.3) is 0 Å². The van der Waals surface area contributed by atoms with Crippen molar-refractivity contribution in [1.82, 2.24) is 10.2 Å². The lowest BCUT2D eigenvalue weighted by Gasteiger charge is -2.27. The molecule has 0 spiro atoms. The highest BCUT2D eigenvalue weighted by Crippen LogP contribution is 2.15. The molecular formula is C15H18N4O2. The van der Waals surface area contributed by atoms with E-state index in [0.717, 1.165) is 24.5 Å². The molecule has 0 saturated carbocycles. The second-order valence-electron chi connectivity index (χ2n) is 4.58. The van der Waals surface area contributed by atoms with E-state index in [1.165, 1.54) is 6.20 Å². The van der Waals surface area contributed by atoms with Crippen LogP contribution in [0.4, 0.5) is 5.69 Å². The Balaban J connectivity index is 2.02. The number of nitrogens with zero attached hydrogens (tertiary/aromatic N) is 2. The monoisotopic (exact) mass is 286 g/mol. The van der Waals surface area contributed by atoms with Gasteiger partial charge >= 0.3 is 0 Å². The second kappa shape index (κ2) is 7.31. The van der Waals surface area contributed by atoms with Crippen molar-refractivity contribution in [1.29, 1.82) is 5.26 Å². The highest BCUT2D eigenvalue weighted by atomic mass is 16.5. The van der Waals surface area contributed by atoms with Gasteiger partial charge in [0.05, 0.1) is 7.11 Å². The van der Waals surface area contributed by atoms with E-state index >= 15 is 0 Å². The predicted molar refractivity (Wildman–Crippen MR) is 79.8 cm³/mol. The summed E-state index contributed by atoms with van der Waals surface area (Å²) < 4.78 is 5.07. The third-order valence-corrected chi connectivity index (χ3v) is 3.23. The number of methoxy groups -OCH3 is 1. The zero-order valence-electron chi connectivity index (χ0n) is 11.9. The van der Waals surface area contributed by atoms with Crippen LogP contribution in [0.3, 0.4) is 0 Å². The Kier molecular flexibility index (Phi) is 5.18. The number of hydrogen-bond donors (Lipinski definition) is 2. The van der Waals surface area contributed by atoms with Gasteiger partial charge in [-0.05, 0) is 24.3 Å². The number of amides is 1. The third kappa shape index (κ3) is 3.97. The van der Waals surface area contributed by atoms with Crippen LogP contribution in [0.15, 0.2) is 36.0 Å². The van der Waals surface area contributed by atoms with E-state index in [9.17, 15) is 4.79 Å². The van der Waals surface area contributed by atoms with Gasteiger partial charge in [-0.2, -0.15) is 5.26 Å². The largest absolute Gasteiger partial charge is 0.497 e. The van der Waals surface area contributed by atoms with Crippen LogP contribution in [-0.4, -0.2) is 44.1 Å². The maximum absolute atomic E-state index is 12.2. The number of hydrogen-bond acceptors (Lipinski definition) is 5. The Labute approximate surface area is 124 Å². The van der Waals surface area contributed by atoms with Crippen LogP contribution in [0.5, 0.6) is 5.75 Å². The average molecular weight is 286 g/mol. The maximum Gasteiger partial charge on any atom is 0.266 e. The summed E-state index contributed by atoms with van der Waals surface area (Å²) in [6.07, 6.45) is 1.45. The molecule has 2 rings (SSSR count). The summed E-state index contributed by atoms with van der Waals surface area (Å²) in [7, 11) is 1.60. The quantitative estimate of drug-likeness (QED) is 0.636. The predicted octanol–water partition coefficient (Wildman–Crippen LogP) is 0.946. The van der Waals surface area contributed by atoms with E-state index in [-0.39, 0.29) is 11.5 Å². The van der Waals surface area contributed by atoms with Gasteiger partial charge in [0, 0.05) is 38.1 Å². The van der Waals surface area contributed by atoms with Crippen LogP contribution >= 0.6 is 0 Å². The number of nitriles is 1. The third-order valence-electron chi connectivity index (χ3n) is 3.23. The molecule has 6 heteroatoms. The Morgan fingerprint density at radius 3 is 2.62 bits per heavy atom. The fraction of sp³-hybridized carbons (Fsp3) is 0.333. The number of benzene rings is 1. The Morgan fingerprint density at radius 1 is 1.38 bits per heavy atom. The van der Waals surface area contributed by atoms with Crippen LogP contribution in [0.1, 0.15) is 0 Å². The molecule has 1 aromatic rings. The van der Waals surface area contributed by atoms with Crippen molar-refractivity contribution < 1.29 is 9.53 Å². The number of piperazine rings is 1. The molecule has 1 saturated heterocycles. The first kappa shape index (κ1) is 14.9. The van der Waals surface area contributed by atoms with Gasteiger partial charge in [0.2, 0.25) is 0 Å². The van der Waals surface area contributed by atoms with Crippen molar-refractivity contribution in [2.45, 2.75) is 0 Å². The van der Waals surface area contributed by atoms with E-state index in [2.05, 4.69) is 10.6 Å². The Bertz CT molecular complexity index is 554. The Morgan fingerprint density at radius 2 is 2.05 bits per heavy atom. The van der Waals surface area contributed by atoms with E-state index in [1.807, 2.05) is 18.2 Å². The maximum atomic E-state index is 12.2. The summed E-state index contributed by atoms with van der Waals surface area (Å²) in [5.74, 6) is 0.516. The minimum atomic E-state index is -0.236. The lowest BCUT2D eigenvalue weighted by Crippen LogP contribution is -2.46. The highest BCUT2D eigenvalue weighted by molar-refractivity contribution is 5.97. The lowest BCUT2D eigenvalue weighted by atomic mass is 10.2. The standard InChI is InChI=1S/C15H18N4O2/c1-21-14-4-2-13(3-5-14)18-11-12(10-16)15(20)19-8-6-17-7-9-19/h2-5,11,17-18H,6-9H2,1H3/b12-11-. The summed E-state index contributed by atoms with van der Waals surface area (Å²) in [5.41, 5.74) is 0.893. The van der Waals surface area contributed by atoms with Crippen molar-refractivity contribution in [3.8, 4) is 11.8 Å². The van der Waals surface area contributed by atoms with Gasteiger partial charge in [-0.15, -0.1) is 0 Å². The highest BCUT2D eigenvalue weighted by Gasteiger charge is 2.19. The van der Waals surface area contributed by atoms with Gasteiger partial charge in [-0.3, -0.25) is 4.79 Å². The first-order valence-corrected chi connectivity index (χ1v) is 6.75. The molecule has 1 aromatic carbocycles. The molecule has 0 aromatic heterocycles. The molecule has 0 aliphatic carbocycles. The van der Waals surface area contributed by atoms with Crippen molar-refractivity contribution in [3.05, 3.63) is 36.0 Å². The molecule has 1 amide bonds. The van der Waals surface area contributed by atoms with Gasteiger partial charge in [0.15, 0.2) is 0 Å². The molecule has 110 valence electrons. The molecule has 2 N–H and O–H groups in total. The number of rotatable bonds is 4. The average Bonchev–Trinajstić information content (AvgIpc) is 2.56. The lowest BCUT2D eigenvalue weighted by molar-refractivity contribution is -0.127. The zero-order chi connectivity index (χ0) is 15.1. The van der Waals surface area contributed by atoms with Crippen molar-refractivity contribution in [3.63, 3.8) is 0 Å². The van der Waals surface area contributed by atoms with Gasteiger partial charge < -0.3 is 20.3 Å². The van der Waals surface area contributed by atoms with Crippen LogP contribution in [0.2, 0.25) is 0 Å². The summed E-state index contributed by atoms with van der Waals surface area (Å²) in [4.78, 5) is 13.9. The smallest absolute Gasteiger partial charge is 0.266 e. The Hall–Kier alpha value is -2.52. The fourth-order valence-corrected chi connectivity index (χ4v) is 2.02.